The Kier molecular flexibility index (Phi) is 3.99. The third-order valence-electron chi connectivity index (χ3n) is 5.49. The lowest BCUT2D eigenvalue weighted by Crippen LogP contribution is -2.33. The standard InChI is InChI=1S/C21H17NO4/c23-20(13-4-2-1-3-5-13)18-15-6-7-16(12-15)19(18)21(24)14-8-10-17(11-9-14)22(25)26/h1-11,15-16,18-19H,12H2/t15-,16+,18+,19-/m1/s1. The van der Waals surface area contributed by atoms with E-state index in [9.17, 15) is 19.7 Å². The molecule has 2 bridgehead atoms. The van der Waals surface area contributed by atoms with Gasteiger partial charge in [0.2, 0.25) is 0 Å². The molecule has 0 spiro atoms. The summed E-state index contributed by atoms with van der Waals surface area (Å²) in [5, 5.41) is 10.8. The molecule has 0 unspecified atom stereocenters. The van der Waals surface area contributed by atoms with Crippen molar-refractivity contribution in [2.24, 2.45) is 23.7 Å². The lowest BCUT2D eigenvalue weighted by molar-refractivity contribution is -0.384. The summed E-state index contributed by atoms with van der Waals surface area (Å²) in [6, 6.07) is 14.7. The van der Waals surface area contributed by atoms with Gasteiger partial charge in [-0.3, -0.25) is 19.7 Å². The van der Waals surface area contributed by atoms with Gasteiger partial charge in [-0.1, -0.05) is 42.5 Å². The minimum atomic E-state index is -0.490. The van der Waals surface area contributed by atoms with Crippen LogP contribution in [0.1, 0.15) is 27.1 Å². The van der Waals surface area contributed by atoms with Gasteiger partial charge in [-0.25, -0.2) is 0 Å². The van der Waals surface area contributed by atoms with Gasteiger partial charge in [0.1, 0.15) is 0 Å². The number of carbonyl (C=O) groups is 2. The fourth-order valence-electron chi connectivity index (χ4n) is 4.27. The summed E-state index contributed by atoms with van der Waals surface area (Å²) >= 11 is 0. The first kappa shape index (κ1) is 16.4. The van der Waals surface area contributed by atoms with Crippen LogP contribution >= 0.6 is 0 Å². The van der Waals surface area contributed by atoms with E-state index in [4.69, 9.17) is 0 Å². The van der Waals surface area contributed by atoms with Gasteiger partial charge in [0, 0.05) is 35.1 Å². The van der Waals surface area contributed by atoms with Crippen LogP contribution in [0.2, 0.25) is 0 Å². The summed E-state index contributed by atoms with van der Waals surface area (Å²) < 4.78 is 0. The monoisotopic (exact) mass is 347 g/mol. The summed E-state index contributed by atoms with van der Waals surface area (Å²) in [6.07, 6.45) is 4.90. The quantitative estimate of drug-likeness (QED) is 0.353. The Morgan fingerprint density at radius 2 is 1.31 bits per heavy atom. The topological polar surface area (TPSA) is 77.3 Å². The number of benzene rings is 2. The van der Waals surface area contributed by atoms with Crippen molar-refractivity contribution in [3.8, 4) is 0 Å². The number of Topliss-reactive ketones (excluding diaryl/α,β-unsaturated/α-hetero) is 2. The molecule has 0 amide bonds. The van der Waals surface area contributed by atoms with Crippen LogP contribution in [0.4, 0.5) is 5.69 Å². The van der Waals surface area contributed by atoms with Crippen molar-refractivity contribution in [1.29, 1.82) is 0 Å². The molecule has 4 atom stereocenters. The van der Waals surface area contributed by atoms with E-state index in [-0.39, 0.29) is 35.0 Å². The molecule has 0 aliphatic heterocycles. The molecule has 2 aliphatic rings. The molecular weight excluding hydrogens is 330 g/mol. The molecule has 1 fully saturated rings. The largest absolute Gasteiger partial charge is 0.294 e. The SMILES string of the molecule is O=C(c1ccccc1)[C@@H]1[C@H](C(=O)c2ccc([N+](=O)[O-])cc2)[C@H]2C=C[C@@H]1C2. The van der Waals surface area contributed by atoms with E-state index in [2.05, 4.69) is 6.08 Å². The maximum atomic E-state index is 13.1. The molecular formula is C21H17NO4. The molecule has 130 valence electrons. The lowest BCUT2D eigenvalue weighted by atomic mass is 9.75. The van der Waals surface area contributed by atoms with Crippen molar-refractivity contribution in [1.82, 2.24) is 0 Å². The summed E-state index contributed by atoms with van der Waals surface area (Å²) in [5.74, 6) is -0.733. The van der Waals surface area contributed by atoms with Crippen molar-refractivity contribution in [3.63, 3.8) is 0 Å². The van der Waals surface area contributed by atoms with Gasteiger partial charge in [-0.2, -0.15) is 0 Å². The number of non-ortho nitro benzene ring substituents is 1. The second kappa shape index (κ2) is 6.33. The van der Waals surface area contributed by atoms with Gasteiger partial charge in [0.25, 0.3) is 5.69 Å². The minimum absolute atomic E-state index is 0.00251. The van der Waals surface area contributed by atoms with Gasteiger partial charge < -0.3 is 0 Å². The summed E-state index contributed by atoms with van der Waals surface area (Å²) in [7, 11) is 0. The zero-order chi connectivity index (χ0) is 18.3. The Morgan fingerprint density at radius 1 is 0.808 bits per heavy atom. The maximum Gasteiger partial charge on any atom is 0.269 e. The smallest absolute Gasteiger partial charge is 0.269 e. The van der Waals surface area contributed by atoms with E-state index in [0.29, 0.717) is 11.1 Å². The van der Waals surface area contributed by atoms with Crippen molar-refractivity contribution in [3.05, 3.63) is 88.0 Å². The fourth-order valence-corrected chi connectivity index (χ4v) is 4.27. The first-order valence-electron chi connectivity index (χ1n) is 8.62. The predicted octanol–water partition coefficient (Wildman–Crippen LogP) is 4.10. The Morgan fingerprint density at radius 3 is 1.81 bits per heavy atom. The van der Waals surface area contributed by atoms with Crippen molar-refractivity contribution < 1.29 is 14.5 Å². The molecule has 1 saturated carbocycles. The average molecular weight is 347 g/mol. The predicted molar refractivity (Wildman–Crippen MR) is 95.9 cm³/mol. The number of allylic oxidation sites excluding steroid dienone is 2. The van der Waals surface area contributed by atoms with Gasteiger partial charge in [0.05, 0.1) is 4.92 Å². The van der Waals surface area contributed by atoms with Crippen LogP contribution in [0.5, 0.6) is 0 Å². The number of nitrogens with zero attached hydrogens (tertiary/aromatic N) is 1. The Balaban J connectivity index is 1.65. The number of hydrogen-bond donors (Lipinski definition) is 0. The Bertz CT molecular complexity index is 901. The van der Waals surface area contributed by atoms with Gasteiger partial charge in [-0.05, 0) is 30.4 Å². The van der Waals surface area contributed by atoms with Crippen LogP contribution < -0.4 is 0 Å². The third kappa shape index (κ3) is 2.65. The molecule has 0 heterocycles. The number of rotatable bonds is 5. The lowest BCUT2D eigenvalue weighted by Gasteiger charge is -2.26. The minimum Gasteiger partial charge on any atom is -0.294 e. The molecule has 5 heteroatoms. The van der Waals surface area contributed by atoms with E-state index in [1.54, 1.807) is 12.1 Å². The molecule has 2 aromatic carbocycles. The zero-order valence-corrected chi connectivity index (χ0v) is 13.9. The molecule has 0 radical (unpaired) electrons. The Hall–Kier alpha value is -3.08. The van der Waals surface area contributed by atoms with Crippen LogP contribution in [0.25, 0.3) is 0 Å². The van der Waals surface area contributed by atoms with Crippen molar-refractivity contribution in [2.45, 2.75) is 6.42 Å². The highest BCUT2D eigenvalue weighted by atomic mass is 16.6. The first-order chi connectivity index (χ1) is 12.6. The highest BCUT2D eigenvalue weighted by molar-refractivity contribution is 6.06. The number of carbonyl (C=O) groups excluding carboxylic acids is 2. The van der Waals surface area contributed by atoms with E-state index in [0.717, 1.165) is 6.42 Å². The van der Waals surface area contributed by atoms with E-state index < -0.39 is 10.8 Å². The summed E-state index contributed by atoms with van der Waals surface area (Å²) in [5.41, 5.74) is 0.999. The van der Waals surface area contributed by atoms with E-state index >= 15 is 0 Å². The third-order valence-corrected chi connectivity index (χ3v) is 5.49. The molecule has 0 saturated heterocycles. The van der Waals surface area contributed by atoms with Gasteiger partial charge in [0.15, 0.2) is 11.6 Å². The second-order valence-electron chi connectivity index (χ2n) is 6.90. The zero-order valence-electron chi connectivity index (χ0n) is 13.9. The maximum absolute atomic E-state index is 13.1. The summed E-state index contributed by atoms with van der Waals surface area (Å²) in [4.78, 5) is 36.5. The Labute approximate surface area is 150 Å². The van der Waals surface area contributed by atoms with Gasteiger partial charge >= 0.3 is 0 Å². The number of fused-ring (bicyclic) bond motifs is 2. The number of nitro groups is 1. The molecule has 0 N–H and O–H groups in total. The molecule has 5 nitrogen and oxygen atoms in total. The molecule has 2 aliphatic carbocycles. The van der Waals surface area contributed by atoms with Crippen LogP contribution in [0.15, 0.2) is 66.7 Å². The normalized spacial score (nSPS) is 26.0. The number of nitro benzene ring substituents is 1. The molecule has 4 rings (SSSR count). The van der Waals surface area contributed by atoms with Gasteiger partial charge in [-0.15, -0.1) is 0 Å². The van der Waals surface area contributed by atoms with Crippen LogP contribution in [-0.2, 0) is 0 Å². The van der Waals surface area contributed by atoms with Crippen LogP contribution in [-0.4, -0.2) is 16.5 Å². The van der Waals surface area contributed by atoms with E-state index in [1.165, 1.54) is 24.3 Å². The fraction of sp³-hybridized carbons (Fsp3) is 0.238. The van der Waals surface area contributed by atoms with Crippen molar-refractivity contribution in [2.75, 3.05) is 0 Å². The van der Waals surface area contributed by atoms with Crippen molar-refractivity contribution >= 4 is 17.3 Å². The summed E-state index contributed by atoms with van der Waals surface area (Å²) in [6.45, 7) is 0. The van der Waals surface area contributed by atoms with Crippen LogP contribution in [0, 0.1) is 33.8 Å². The highest BCUT2D eigenvalue weighted by Gasteiger charge is 2.51. The molecule has 2 aromatic rings. The highest BCUT2D eigenvalue weighted by Crippen LogP contribution is 2.50. The van der Waals surface area contributed by atoms with Crippen LogP contribution in [0.3, 0.4) is 0 Å². The average Bonchev–Trinajstić information content (AvgIpc) is 3.29. The molecule has 26 heavy (non-hydrogen) atoms. The number of ketones is 2. The first-order valence-corrected chi connectivity index (χ1v) is 8.62. The second-order valence-corrected chi connectivity index (χ2v) is 6.90. The molecule has 0 aromatic heterocycles. The number of hydrogen-bond acceptors (Lipinski definition) is 4. The van der Waals surface area contributed by atoms with E-state index in [1.807, 2.05) is 24.3 Å².